The molecule has 1 aromatic heterocycles. The Kier molecular flexibility index (Phi) is 4.42. The van der Waals surface area contributed by atoms with E-state index in [0.29, 0.717) is 12.1 Å². The van der Waals surface area contributed by atoms with Crippen molar-refractivity contribution in [3.05, 3.63) is 63.6 Å². The Bertz CT molecular complexity index is 686. The van der Waals surface area contributed by atoms with Crippen molar-refractivity contribution in [1.82, 2.24) is 9.88 Å². The molecule has 1 aromatic carbocycles. The second-order valence-electron chi connectivity index (χ2n) is 4.92. The van der Waals surface area contributed by atoms with E-state index in [9.17, 15) is 9.59 Å². The van der Waals surface area contributed by atoms with Crippen LogP contribution in [0.15, 0.2) is 41.3 Å². The van der Waals surface area contributed by atoms with Crippen LogP contribution in [0.1, 0.15) is 21.5 Å². The van der Waals surface area contributed by atoms with Crippen molar-refractivity contribution in [2.75, 3.05) is 14.2 Å². The molecule has 0 radical (unpaired) electrons. The van der Waals surface area contributed by atoms with E-state index in [1.54, 1.807) is 19.1 Å². The van der Waals surface area contributed by atoms with Gasteiger partial charge in [-0.2, -0.15) is 0 Å². The van der Waals surface area contributed by atoms with Crippen LogP contribution in [-0.2, 0) is 6.54 Å². The maximum Gasteiger partial charge on any atom is 0.255 e. The highest BCUT2D eigenvalue weighted by molar-refractivity contribution is 5.93. The van der Waals surface area contributed by atoms with Gasteiger partial charge < -0.3 is 14.6 Å². The summed E-state index contributed by atoms with van der Waals surface area (Å²) in [7, 11) is 3.33. The van der Waals surface area contributed by atoms with Gasteiger partial charge in [-0.15, -0.1) is 0 Å². The van der Waals surface area contributed by atoms with Crippen molar-refractivity contribution >= 4 is 5.91 Å². The molecule has 1 heterocycles. The third-order valence-corrected chi connectivity index (χ3v) is 3.22. The zero-order valence-electron chi connectivity index (χ0n) is 12.3. The number of aromatic amines is 1. The van der Waals surface area contributed by atoms with Crippen LogP contribution < -0.4 is 10.3 Å². The Labute approximate surface area is 123 Å². The molecule has 5 heteroatoms. The lowest BCUT2D eigenvalue weighted by Crippen LogP contribution is -2.27. The maximum absolute atomic E-state index is 12.3. The molecule has 0 spiro atoms. The van der Waals surface area contributed by atoms with E-state index in [-0.39, 0.29) is 11.5 Å². The monoisotopic (exact) mass is 286 g/mol. The lowest BCUT2D eigenvalue weighted by atomic mass is 10.1. The van der Waals surface area contributed by atoms with Crippen molar-refractivity contribution in [3.8, 4) is 5.75 Å². The molecule has 21 heavy (non-hydrogen) atoms. The largest absolute Gasteiger partial charge is 0.496 e. The second kappa shape index (κ2) is 6.26. The lowest BCUT2D eigenvalue weighted by molar-refractivity contribution is 0.0783. The van der Waals surface area contributed by atoms with Gasteiger partial charge in [0.2, 0.25) is 5.56 Å². The number of nitrogens with one attached hydrogen (secondary N) is 1. The summed E-state index contributed by atoms with van der Waals surface area (Å²) in [5, 5.41) is 0. The molecule has 0 aliphatic rings. The molecule has 2 rings (SSSR count). The number of aryl methyl sites for hydroxylation is 1. The summed E-state index contributed by atoms with van der Waals surface area (Å²) in [5.74, 6) is 0.594. The molecule has 0 unspecified atom stereocenters. The minimum Gasteiger partial charge on any atom is -0.496 e. The molecule has 1 N–H and O–H groups in total. The zero-order valence-corrected chi connectivity index (χ0v) is 12.3. The van der Waals surface area contributed by atoms with Crippen molar-refractivity contribution in [3.63, 3.8) is 0 Å². The van der Waals surface area contributed by atoms with E-state index in [1.165, 1.54) is 18.3 Å². The Morgan fingerprint density at radius 3 is 2.67 bits per heavy atom. The second-order valence-corrected chi connectivity index (χ2v) is 4.92. The molecule has 0 saturated carbocycles. The van der Waals surface area contributed by atoms with Crippen molar-refractivity contribution in [2.24, 2.45) is 0 Å². The average molecular weight is 286 g/mol. The van der Waals surface area contributed by atoms with Crippen LogP contribution in [0.25, 0.3) is 0 Å². The number of ether oxygens (including phenoxy) is 1. The zero-order chi connectivity index (χ0) is 15.4. The number of carbonyl (C=O) groups excluding carboxylic acids is 1. The van der Waals surface area contributed by atoms with E-state index >= 15 is 0 Å². The fourth-order valence-electron chi connectivity index (χ4n) is 2.12. The fourth-order valence-corrected chi connectivity index (χ4v) is 2.12. The number of H-pyrrole nitrogens is 1. The van der Waals surface area contributed by atoms with Gasteiger partial charge in [0.25, 0.3) is 5.91 Å². The first-order valence-corrected chi connectivity index (χ1v) is 6.59. The molecule has 2 aromatic rings. The average Bonchev–Trinajstić information content (AvgIpc) is 2.47. The topological polar surface area (TPSA) is 62.4 Å². The van der Waals surface area contributed by atoms with E-state index < -0.39 is 0 Å². The smallest absolute Gasteiger partial charge is 0.255 e. The van der Waals surface area contributed by atoms with Gasteiger partial charge in [0.05, 0.1) is 12.7 Å². The summed E-state index contributed by atoms with van der Waals surface area (Å²) in [5.41, 5.74) is 2.27. The summed E-state index contributed by atoms with van der Waals surface area (Å²) in [6.07, 6.45) is 1.43. The lowest BCUT2D eigenvalue weighted by Gasteiger charge is -2.19. The fraction of sp³-hybridized carbons (Fsp3) is 0.250. The molecular weight excluding hydrogens is 268 g/mol. The van der Waals surface area contributed by atoms with Crippen molar-refractivity contribution < 1.29 is 9.53 Å². The Morgan fingerprint density at radius 1 is 1.29 bits per heavy atom. The Hall–Kier alpha value is -2.56. The number of hydrogen-bond acceptors (Lipinski definition) is 3. The highest BCUT2D eigenvalue weighted by atomic mass is 16.5. The summed E-state index contributed by atoms with van der Waals surface area (Å²) in [4.78, 5) is 27.4. The van der Waals surface area contributed by atoms with Crippen molar-refractivity contribution in [1.29, 1.82) is 0 Å². The highest BCUT2D eigenvalue weighted by Crippen LogP contribution is 2.21. The minimum absolute atomic E-state index is 0.158. The van der Waals surface area contributed by atoms with Gasteiger partial charge in [-0.3, -0.25) is 9.59 Å². The summed E-state index contributed by atoms with van der Waals surface area (Å²) >= 11 is 0. The number of pyridine rings is 1. The Balaban J connectivity index is 2.19. The van der Waals surface area contributed by atoms with Gasteiger partial charge in [-0.25, -0.2) is 0 Å². The quantitative estimate of drug-likeness (QED) is 0.934. The van der Waals surface area contributed by atoms with E-state index in [0.717, 1.165) is 16.9 Å². The number of hydrogen-bond donors (Lipinski definition) is 1. The normalized spacial score (nSPS) is 10.2. The summed E-state index contributed by atoms with van der Waals surface area (Å²) in [6, 6.07) is 8.71. The van der Waals surface area contributed by atoms with E-state index in [4.69, 9.17) is 4.74 Å². The number of benzene rings is 1. The number of nitrogens with zero attached hydrogens (tertiary/aromatic N) is 1. The first-order valence-electron chi connectivity index (χ1n) is 6.59. The minimum atomic E-state index is -0.227. The van der Waals surface area contributed by atoms with Crippen LogP contribution in [0.3, 0.4) is 0 Å². The van der Waals surface area contributed by atoms with Gasteiger partial charge in [0.1, 0.15) is 5.75 Å². The van der Waals surface area contributed by atoms with Gasteiger partial charge >= 0.3 is 0 Å². The van der Waals surface area contributed by atoms with Crippen LogP contribution in [0.5, 0.6) is 5.75 Å². The first-order chi connectivity index (χ1) is 10.0. The molecular formula is C16H18N2O3. The molecule has 1 amide bonds. The number of amides is 1. The number of methoxy groups -OCH3 is 1. The molecule has 0 atom stereocenters. The van der Waals surface area contributed by atoms with Gasteiger partial charge in [-0.1, -0.05) is 17.7 Å². The van der Waals surface area contributed by atoms with Crippen LogP contribution in [-0.4, -0.2) is 29.9 Å². The predicted octanol–water partition coefficient (Wildman–Crippen LogP) is 1.96. The van der Waals surface area contributed by atoms with Crippen LogP contribution >= 0.6 is 0 Å². The summed E-state index contributed by atoms with van der Waals surface area (Å²) in [6.45, 7) is 2.43. The van der Waals surface area contributed by atoms with Crippen molar-refractivity contribution in [2.45, 2.75) is 13.5 Å². The number of aromatic nitrogens is 1. The SMILES string of the molecule is COc1ccc(C)cc1CN(C)C(=O)c1ccc(=O)[nH]c1. The number of rotatable bonds is 4. The maximum atomic E-state index is 12.3. The molecule has 110 valence electrons. The van der Waals surface area contributed by atoms with Gasteiger partial charge in [-0.05, 0) is 19.1 Å². The highest BCUT2D eigenvalue weighted by Gasteiger charge is 2.14. The summed E-state index contributed by atoms with van der Waals surface area (Å²) < 4.78 is 5.32. The van der Waals surface area contributed by atoms with Crippen LogP contribution in [0.4, 0.5) is 0 Å². The van der Waals surface area contributed by atoms with E-state index in [1.807, 2.05) is 25.1 Å². The number of carbonyl (C=O) groups is 1. The molecule has 0 saturated heterocycles. The standard InChI is InChI=1S/C16H18N2O3/c1-11-4-6-14(21-3)13(8-11)10-18(2)16(20)12-5-7-15(19)17-9-12/h4-9H,10H2,1-3H3,(H,17,19). The third kappa shape index (κ3) is 3.51. The van der Waals surface area contributed by atoms with Crippen LogP contribution in [0.2, 0.25) is 0 Å². The Morgan fingerprint density at radius 2 is 2.05 bits per heavy atom. The van der Waals surface area contributed by atoms with Gasteiger partial charge in [0.15, 0.2) is 0 Å². The molecule has 0 fully saturated rings. The first kappa shape index (κ1) is 14.8. The predicted molar refractivity (Wildman–Crippen MR) is 80.6 cm³/mol. The molecule has 5 nitrogen and oxygen atoms in total. The molecule has 0 aliphatic carbocycles. The molecule has 0 bridgehead atoms. The third-order valence-electron chi connectivity index (χ3n) is 3.22. The van der Waals surface area contributed by atoms with Crippen LogP contribution in [0, 0.1) is 6.92 Å². The van der Waals surface area contributed by atoms with E-state index in [2.05, 4.69) is 4.98 Å². The van der Waals surface area contributed by atoms with Gasteiger partial charge in [0, 0.05) is 31.4 Å². The molecule has 0 aliphatic heterocycles.